The molecule has 4 amide bonds. The van der Waals surface area contributed by atoms with Gasteiger partial charge in [0.2, 0.25) is 0 Å². The van der Waals surface area contributed by atoms with Gasteiger partial charge in [-0.05, 0) is 74.8 Å². The van der Waals surface area contributed by atoms with Crippen molar-refractivity contribution in [3.8, 4) is 0 Å². The first kappa shape index (κ1) is 34.4. The van der Waals surface area contributed by atoms with Crippen molar-refractivity contribution in [2.45, 2.75) is 116 Å². The Kier molecular flexibility index (Phi) is 11.8. The maximum atomic E-state index is 14.0. The van der Waals surface area contributed by atoms with Crippen molar-refractivity contribution in [3.63, 3.8) is 0 Å². The molecular formula is C37H57N5O4. The SMILES string of the molecule is CC(C)C[C@H]1CNC(=O)C(=O)N1C[C@H]1CCCN1C[C@H](CC(C)C)N1C[C@H](Cc2ccccc2)N(CC2CCCCC2)C(=O)C1=O. The number of amides is 4. The number of piperazine rings is 2. The van der Waals surface area contributed by atoms with Crippen molar-refractivity contribution >= 4 is 23.6 Å². The first-order valence-electron chi connectivity index (χ1n) is 18.1. The average molecular weight is 636 g/mol. The van der Waals surface area contributed by atoms with Crippen LogP contribution in [0.15, 0.2) is 30.3 Å². The Morgan fingerprint density at radius 1 is 0.761 bits per heavy atom. The van der Waals surface area contributed by atoms with Crippen LogP contribution in [0.1, 0.15) is 91.0 Å². The summed E-state index contributed by atoms with van der Waals surface area (Å²) in [6, 6.07) is 10.3. The number of nitrogens with zero attached hydrogens (tertiary/aromatic N) is 4. The molecule has 1 aliphatic carbocycles. The number of nitrogens with one attached hydrogen (secondary N) is 1. The third kappa shape index (κ3) is 8.50. The molecule has 1 aromatic rings. The summed E-state index contributed by atoms with van der Waals surface area (Å²) in [5.41, 5.74) is 1.19. The molecule has 4 aliphatic rings. The van der Waals surface area contributed by atoms with Crippen LogP contribution in [0.4, 0.5) is 0 Å². The smallest absolute Gasteiger partial charge is 0.312 e. The molecule has 0 bridgehead atoms. The Hall–Kier alpha value is -2.94. The molecule has 9 nitrogen and oxygen atoms in total. The second-order valence-electron chi connectivity index (χ2n) is 15.3. The van der Waals surface area contributed by atoms with Gasteiger partial charge in [0.05, 0.1) is 6.04 Å². The molecule has 1 N–H and O–H groups in total. The van der Waals surface area contributed by atoms with Crippen LogP contribution >= 0.6 is 0 Å². The van der Waals surface area contributed by atoms with E-state index in [0.717, 1.165) is 51.5 Å². The molecule has 5 rings (SSSR count). The highest BCUT2D eigenvalue weighted by molar-refractivity contribution is 6.36. The van der Waals surface area contributed by atoms with Crippen LogP contribution in [-0.4, -0.2) is 107 Å². The van der Waals surface area contributed by atoms with Crippen LogP contribution in [0.25, 0.3) is 0 Å². The molecule has 0 radical (unpaired) electrons. The van der Waals surface area contributed by atoms with Crippen molar-refractivity contribution in [1.29, 1.82) is 0 Å². The Morgan fingerprint density at radius 2 is 1.48 bits per heavy atom. The first-order valence-corrected chi connectivity index (χ1v) is 18.1. The molecule has 0 spiro atoms. The fourth-order valence-corrected chi connectivity index (χ4v) is 8.44. The van der Waals surface area contributed by atoms with Crippen LogP contribution in [-0.2, 0) is 25.6 Å². The summed E-state index contributed by atoms with van der Waals surface area (Å²) in [4.78, 5) is 61.5. The third-order valence-electron chi connectivity index (χ3n) is 10.7. The van der Waals surface area contributed by atoms with Gasteiger partial charge in [0.25, 0.3) is 0 Å². The van der Waals surface area contributed by atoms with Gasteiger partial charge >= 0.3 is 23.6 Å². The quantitative estimate of drug-likeness (QED) is 0.330. The van der Waals surface area contributed by atoms with E-state index in [4.69, 9.17) is 0 Å². The van der Waals surface area contributed by atoms with E-state index in [1.807, 2.05) is 32.9 Å². The van der Waals surface area contributed by atoms with Crippen LogP contribution in [0, 0.1) is 17.8 Å². The predicted molar refractivity (Wildman–Crippen MR) is 180 cm³/mol. The van der Waals surface area contributed by atoms with Gasteiger partial charge < -0.3 is 20.0 Å². The molecular weight excluding hydrogens is 578 g/mol. The van der Waals surface area contributed by atoms with Crippen LogP contribution in [0.5, 0.6) is 0 Å². The minimum atomic E-state index is -0.512. The molecule has 254 valence electrons. The van der Waals surface area contributed by atoms with E-state index >= 15 is 0 Å². The summed E-state index contributed by atoms with van der Waals surface area (Å²) < 4.78 is 0. The number of hydrogen-bond acceptors (Lipinski definition) is 5. The molecule has 0 aromatic heterocycles. The van der Waals surface area contributed by atoms with Crippen molar-refractivity contribution in [1.82, 2.24) is 24.9 Å². The van der Waals surface area contributed by atoms with Crippen LogP contribution in [0.2, 0.25) is 0 Å². The van der Waals surface area contributed by atoms with Crippen molar-refractivity contribution in [2.24, 2.45) is 17.8 Å². The summed E-state index contributed by atoms with van der Waals surface area (Å²) in [6.07, 6.45) is 10.3. The standard InChI is InChI=1S/C37H57N5O4/c1-26(2)18-31-21-38-34(43)35(44)41(31)24-30-16-11-17-39(30)23-32(19-27(3)4)42-25-33(20-28-12-7-5-8-13-28)40(36(45)37(42)46)22-29-14-9-6-10-15-29/h5,7-8,12-13,26-27,29-33H,6,9-11,14-25H2,1-4H3,(H,38,43)/t30-,31+,32+,33+/m1/s1. The third-order valence-corrected chi connectivity index (χ3v) is 10.7. The summed E-state index contributed by atoms with van der Waals surface area (Å²) in [5.74, 6) is -0.416. The number of carbonyl (C=O) groups is 4. The van der Waals surface area contributed by atoms with Gasteiger partial charge in [-0.1, -0.05) is 77.3 Å². The molecule has 1 saturated carbocycles. The maximum Gasteiger partial charge on any atom is 0.312 e. The Labute approximate surface area is 276 Å². The highest BCUT2D eigenvalue weighted by Gasteiger charge is 2.44. The first-order chi connectivity index (χ1) is 22.1. The summed E-state index contributed by atoms with van der Waals surface area (Å²) in [6.45, 7) is 12.5. The minimum Gasteiger partial charge on any atom is -0.346 e. The largest absolute Gasteiger partial charge is 0.346 e. The summed E-state index contributed by atoms with van der Waals surface area (Å²) >= 11 is 0. The van der Waals surface area contributed by atoms with E-state index in [2.05, 4.69) is 50.0 Å². The topological polar surface area (TPSA) is 93.3 Å². The van der Waals surface area contributed by atoms with Gasteiger partial charge in [-0.25, -0.2) is 0 Å². The van der Waals surface area contributed by atoms with Crippen LogP contribution in [0.3, 0.4) is 0 Å². The molecule has 0 unspecified atom stereocenters. The Balaban J connectivity index is 1.34. The van der Waals surface area contributed by atoms with Gasteiger partial charge in [0.15, 0.2) is 0 Å². The number of benzene rings is 1. The van der Waals surface area contributed by atoms with E-state index in [1.165, 1.54) is 24.8 Å². The molecule has 3 heterocycles. The Morgan fingerprint density at radius 3 is 2.17 bits per heavy atom. The zero-order valence-corrected chi connectivity index (χ0v) is 28.7. The highest BCUT2D eigenvalue weighted by atomic mass is 16.2. The maximum absolute atomic E-state index is 14.0. The van der Waals surface area contributed by atoms with Gasteiger partial charge in [0, 0.05) is 50.8 Å². The van der Waals surface area contributed by atoms with Crippen molar-refractivity contribution in [2.75, 3.05) is 39.3 Å². The van der Waals surface area contributed by atoms with Crippen molar-refractivity contribution < 1.29 is 19.2 Å². The second-order valence-corrected chi connectivity index (χ2v) is 15.3. The zero-order valence-electron chi connectivity index (χ0n) is 28.7. The molecule has 9 heteroatoms. The second kappa shape index (κ2) is 15.8. The number of hydrogen-bond donors (Lipinski definition) is 1. The average Bonchev–Trinajstić information content (AvgIpc) is 3.47. The normalized spacial score (nSPS) is 26.0. The van der Waals surface area contributed by atoms with Crippen molar-refractivity contribution in [3.05, 3.63) is 35.9 Å². The highest BCUT2D eigenvalue weighted by Crippen LogP contribution is 2.30. The molecule has 3 aliphatic heterocycles. The lowest BCUT2D eigenvalue weighted by Crippen LogP contribution is -2.65. The van der Waals surface area contributed by atoms with Gasteiger partial charge in [-0.3, -0.25) is 24.1 Å². The van der Waals surface area contributed by atoms with E-state index in [1.54, 1.807) is 0 Å². The monoisotopic (exact) mass is 635 g/mol. The van der Waals surface area contributed by atoms with E-state index < -0.39 is 11.8 Å². The number of likely N-dealkylation sites (tertiary alicyclic amines) is 1. The Bertz CT molecular complexity index is 1200. The lowest BCUT2D eigenvalue weighted by Gasteiger charge is -2.46. The molecule has 46 heavy (non-hydrogen) atoms. The van der Waals surface area contributed by atoms with E-state index in [9.17, 15) is 19.2 Å². The number of carbonyl (C=O) groups excluding carboxylic acids is 4. The fourth-order valence-electron chi connectivity index (χ4n) is 8.44. The minimum absolute atomic E-state index is 0.00528. The number of rotatable bonds is 13. The molecule has 4 fully saturated rings. The van der Waals surface area contributed by atoms with Crippen LogP contribution < -0.4 is 5.32 Å². The van der Waals surface area contributed by atoms with Gasteiger partial charge in [-0.15, -0.1) is 0 Å². The summed E-state index contributed by atoms with van der Waals surface area (Å²) in [5, 5.41) is 2.79. The summed E-state index contributed by atoms with van der Waals surface area (Å²) in [7, 11) is 0. The lowest BCUT2D eigenvalue weighted by atomic mass is 9.87. The zero-order chi connectivity index (χ0) is 32.8. The molecule has 1 aromatic carbocycles. The predicted octanol–water partition coefficient (Wildman–Crippen LogP) is 4.10. The lowest BCUT2D eigenvalue weighted by molar-refractivity contribution is -0.162. The van der Waals surface area contributed by atoms with Gasteiger partial charge in [-0.2, -0.15) is 0 Å². The molecule has 4 atom stereocenters. The fraction of sp³-hybridized carbons (Fsp3) is 0.730. The van der Waals surface area contributed by atoms with Gasteiger partial charge in [0.1, 0.15) is 0 Å². The van der Waals surface area contributed by atoms with E-state index in [-0.39, 0.29) is 36.0 Å². The van der Waals surface area contributed by atoms with E-state index in [0.29, 0.717) is 50.5 Å². The molecule has 3 saturated heterocycles.